The van der Waals surface area contributed by atoms with E-state index in [1.54, 1.807) is 30.3 Å². The Morgan fingerprint density at radius 3 is 2.18 bits per heavy atom. The summed E-state index contributed by atoms with van der Waals surface area (Å²) in [7, 11) is 2.69. The molecule has 0 fully saturated rings. The zero-order chi connectivity index (χ0) is 24.7. The lowest BCUT2D eigenvalue weighted by molar-refractivity contribution is -0.385. The second-order valence-electron chi connectivity index (χ2n) is 6.86. The maximum absolute atomic E-state index is 13.2. The molecule has 0 unspecified atom stereocenters. The van der Waals surface area contributed by atoms with Gasteiger partial charge in [0.1, 0.15) is 11.5 Å². The average molecular weight is 465 g/mol. The van der Waals surface area contributed by atoms with Crippen LogP contribution >= 0.6 is 0 Å². The third-order valence-corrected chi connectivity index (χ3v) is 4.66. The molecule has 0 saturated heterocycles. The van der Waals surface area contributed by atoms with Crippen LogP contribution < -0.4 is 20.1 Å². The molecule has 0 aliphatic carbocycles. The number of ether oxygens (including phenoxy) is 2. The quantitative estimate of drug-likeness (QED) is 0.293. The molecule has 9 nitrogen and oxygen atoms in total. The van der Waals surface area contributed by atoms with Gasteiger partial charge in [-0.15, -0.1) is 0 Å². The number of hydrogen-bond acceptors (Lipinski definition) is 6. The lowest BCUT2D eigenvalue weighted by atomic mass is 10.1. The molecule has 3 aromatic carbocycles. The Morgan fingerprint density at radius 1 is 0.971 bits per heavy atom. The summed E-state index contributed by atoms with van der Waals surface area (Å²) in [5, 5.41) is 16.7. The Labute approximate surface area is 194 Å². The Bertz CT molecular complexity index is 1240. The highest BCUT2D eigenvalue weighted by Crippen LogP contribution is 2.35. The lowest BCUT2D eigenvalue weighted by Crippen LogP contribution is -2.30. The first-order valence-corrected chi connectivity index (χ1v) is 9.87. The fraction of sp³-hybridized carbons (Fsp3) is 0.0833. The standard InChI is InChI=1S/C24H20FN3O6/c1-33-21-13-16(20(28(31)32)14-22(21)34-2)12-19(27-23(29)15-6-4-3-5-7-15)24(30)26-18-10-8-17(25)9-11-18/h3-14H,1-2H3,(H,26,30)(H,27,29)/b19-12-. The minimum Gasteiger partial charge on any atom is -0.493 e. The SMILES string of the molecule is COc1cc(/C=C(\NC(=O)c2ccccc2)C(=O)Nc2ccc(F)cc2)c([N+](=O)[O-])cc1OC. The third kappa shape index (κ3) is 5.74. The van der Waals surface area contributed by atoms with Crippen LogP contribution in [0.2, 0.25) is 0 Å². The number of anilines is 1. The van der Waals surface area contributed by atoms with Crippen molar-refractivity contribution in [1.29, 1.82) is 0 Å². The van der Waals surface area contributed by atoms with Gasteiger partial charge in [-0.1, -0.05) is 18.2 Å². The number of nitro groups is 1. The van der Waals surface area contributed by atoms with E-state index in [0.717, 1.165) is 24.3 Å². The van der Waals surface area contributed by atoms with Gasteiger partial charge in [0, 0.05) is 11.3 Å². The Hall–Kier alpha value is -4.73. The van der Waals surface area contributed by atoms with Crippen molar-refractivity contribution in [3.63, 3.8) is 0 Å². The Morgan fingerprint density at radius 2 is 1.59 bits per heavy atom. The molecule has 3 rings (SSSR count). The average Bonchev–Trinajstić information content (AvgIpc) is 2.84. The van der Waals surface area contributed by atoms with Gasteiger partial charge in [0.25, 0.3) is 17.5 Å². The number of nitro benzene ring substituents is 1. The van der Waals surface area contributed by atoms with Crippen LogP contribution in [0, 0.1) is 15.9 Å². The fourth-order valence-electron chi connectivity index (χ4n) is 2.99. The first kappa shape index (κ1) is 23.9. The number of rotatable bonds is 8. The van der Waals surface area contributed by atoms with Gasteiger partial charge in [-0.3, -0.25) is 19.7 Å². The van der Waals surface area contributed by atoms with Gasteiger partial charge in [-0.25, -0.2) is 4.39 Å². The van der Waals surface area contributed by atoms with E-state index in [2.05, 4.69) is 10.6 Å². The van der Waals surface area contributed by atoms with Crippen LogP contribution in [0.3, 0.4) is 0 Å². The molecule has 174 valence electrons. The van der Waals surface area contributed by atoms with Crippen molar-refractivity contribution < 1.29 is 28.4 Å². The van der Waals surface area contributed by atoms with Crippen LogP contribution in [-0.2, 0) is 4.79 Å². The number of carbonyl (C=O) groups excluding carboxylic acids is 2. The zero-order valence-corrected chi connectivity index (χ0v) is 18.2. The van der Waals surface area contributed by atoms with E-state index in [0.29, 0.717) is 0 Å². The number of methoxy groups -OCH3 is 2. The van der Waals surface area contributed by atoms with Crippen molar-refractivity contribution in [3.8, 4) is 11.5 Å². The Kier molecular flexibility index (Phi) is 7.55. The van der Waals surface area contributed by atoms with Gasteiger partial charge < -0.3 is 20.1 Å². The molecule has 0 aliphatic heterocycles. The normalized spacial score (nSPS) is 10.9. The van der Waals surface area contributed by atoms with Gasteiger partial charge in [0.15, 0.2) is 11.5 Å². The molecule has 2 amide bonds. The van der Waals surface area contributed by atoms with Crippen molar-refractivity contribution in [2.45, 2.75) is 0 Å². The number of nitrogens with zero attached hydrogens (tertiary/aromatic N) is 1. The number of benzene rings is 3. The maximum atomic E-state index is 13.2. The van der Waals surface area contributed by atoms with E-state index in [4.69, 9.17) is 9.47 Å². The largest absolute Gasteiger partial charge is 0.493 e. The molecule has 34 heavy (non-hydrogen) atoms. The third-order valence-electron chi connectivity index (χ3n) is 4.66. The van der Waals surface area contributed by atoms with Gasteiger partial charge in [0.05, 0.1) is 30.8 Å². The molecule has 2 N–H and O–H groups in total. The molecule has 0 heterocycles. The number of amides is 2. The van der Waals surface area contributed by atoms with Crippen LogP contribution in [0.25, 0.3) is 6.08 Å². The van der Waals surface area contributed by atoms with Crippen LogP contribution in [-0.4, -0.2) is 31.0 Å². The highest BCUT2D eigenvalue weighted by atomic mass is 19.1. The summed E-state index contributed by atoms with van der Waals surface area (Å²) in [6.07, 6.45) is 1.15. The molecule has 0 radical (unpaired) electrons. The van der Waals surface area contributed by atoms with Gasteiger partial charge in [0.2, 0.25) is 0 Å². The molecule has 0 aliphatic rings. The Balaban J connectivity index is 2.06. The maximum Gasteiger partial charge on any atom is 0.280 e. The molecule has 0 aromatic heterocycles. The monoisotopic (exact) mass is 465 g/mol. The highest BCUT2D eigenvalue weighted by Gasteiger charge is 2.22. The summed E-state index contributed by atoms with van der Waals surface area (Å²) in [5.41, 5.74) is -0.148. The summed E-state index contributed by atoms with van der Waals surface area (Å²) in [4.78, 5) is 36.8. The first-order chi connectivity index (χ1) is 16.3. The van der Waals surface area contributed by atoms with Crippen LogP contribution in [0.4, 0.5) is 15.8 Å². The van der Waals surface area contributed by atoms with Gasteiger partial charge in [-0.05, 0) is 48.5 Å². The summed E-state index contributed by atoms with van der Waals surface area (Å²) in [6.45, 7) is 0. The van der Waals surface area contributed by atoms with Crippen molar-refractivity contribution in [1.82, 2.24) is 5.32 Å². The van der Waals surface area contributed by atoms with E-state index in [1.807, 2.05) is 0 Å². The summed E-state index contributed by atoms with van der Waals surface area (Å²) in [5.74, 6) is -1.57. The smallest absolute Gasteiger partial charge is 0.280 e. The van der Waals surface area contributed by atoms with Crippen LogP contribution in [0.15, 0.2) is 72.4 Å². The molecular weight excluding hydrogens is 445 g/mol. The minimum absolute atomic E-state index is 0.0136. The number of halogens is 1. The molecule has 0 saturated carbocycles. The van der Waals surface area contributed by atoms with E-state index in [-0.39, 0.29) is 39.7 Å². The van der Waals surface area contributed by atoms with Crippen LogP contribution in [0.1, 0.15) is 15.9 Å². The molecule has 3 aromatic rings. The molecule has 0 atom stereocenters. The van der Waals surface area contributed by atoms with E-state index >= 15 is 0 Å². The number of carbonyl (C=O) groups is 2. The van der Waals surface area contributed by atoms with Crippen molar-refractivity contribution in [3.05, 3.63) is 99.5 Å². The van der Waals surface area contributed by atoms with Gasteiger partial charge >= 0.3 is 0 Å². The molecule has 10 heteroatoms. The molecule has 0 bridgehead atoms. The highest BCUT2D eigenvalue weighted by molar-refractivity contribution is 6.10. The summed E-state index contributed by atoms with van der Waals surface area (Å²) in [6, 6.07) is 15.6. The van der Waals surface area contributed by atoms with Crippen molar-refractivity contribution in [2.24, 2.45) is 0 Å². The topological polar surface area (TPSA) is 120 Å². The van der Waals surface area contributed by atoms with Crippen molar-refractivity contribution >= 4 is 29.3 Å². The first-order valence-electron chi connectivity index (χ1n) is 9.87. The predicted octanol–water partition coefficient (Wildman–Crippen LogP) is 4.16. The zero-order valence-electron chi connectivity index (χ0n) is 18.2. The van der Waals surface area contributed by atoms with E-state index in [1.165, 1.54) is 32.4 Å². The van der Waals surface area contributed by atoms with Crippen LogP contribution in [0.5, 0.6) is 11.5 Å². The minimum atomic E-state index is -0.778. The fourth-order valence-corrected chi connectivity index (χ4v) is 2.99. The number of nitrogens with one attached hydrogen (secondary N) is 2. The van der Waals surface area contributed by atoms with E-state index < -0.39 is 22.6 Å². The van der Waals surface area contributed by atoms with E-state index in [9.17, 15) is 24.1 Å². The second kappa shape index (κ2) is 10.7. The molecule has 0 spiro atoms. The summed E-state index contributed by atoms with van der Waals surface area (Å²) < 4.78 is 23.5. The molecular formula is C24H20FN3O6. The lowest BCUT2D eigenvalue weighted by Gasteiger charge is -2.13. The second-order valence-corrected chi connectivity index (χ2v) is 6.86. The summed E-state index contributed by atoms with van der Waals surface area (Å²) >= 11 is 0. The van der Waals surface area contributed by atoms with Gasteiger partial charge in [-0.2, -0.15) is 0 Å². The predicted molar refractivity (Wildman–Crippen MR) is 123 cm³/mol. The number of hydrogen-bond donors (Lipinski definition) is 2. The van der Waals surface area contributed by atoms with Crippen molar-refractivity contribution in [2.75, 3.05) is 19.5 Å².